The Balaban J connectivity index is 1.72. The number of rotatable bonds is 9. The van der Waals surface area contributed by atoms with Gasteiger partial charge in [0.2, 0.25) is 5.91 Å². The number of hydrogen-bond donors (Lipinski definition) is 1. The maximum Gasteiger partial charge on any atom is 0.341 e. The summed E-state index contributed by atoms with van der Waals surface area (Å²) >= 11 is 1.47. The normalized spacial score (nSPS) is 15.4. The van der Waals surface area contributed by atoms with E-state index in [1.165, 1.54) is 24.5 Å². The fourth-order valence-electron chi connectivity index (χ4n) is 3.79. The average Bonchev–Trinajstić information content (AvgIpc) is 3.14. The second-order valence-corrected chi connectivity index (χ2v) is 9.92. The van der Waals surface area contributed by atoms with Crippen molar-refractivity contribution in [2.24, 2.45) is 11.8 Å². The molecule has 0 aliphatic heterocycles. The van der Waals surface area contributed by atoms with Crippen LogP contribution in [0.15, 0.2) is 24.3 Å². The summed E-state index contributed by atoms with van der Waals surface area (Å²) in [5.74, 6) is 1.73. The van der Waals surface area contributed by atoms with Crippen molar-refractivity contribution in [1.82, 2.24) is 0 Å². The van der Waals surface area contributed by atoms with Crippen LogP contribution in [0.25, 0.3) is 6.08 Å². The van der Waals surface area contributed by atoms with Gasteiger partial charge in [0.15, 0.2) is 11.5 Å². The molecule has 1 aromatic carbocycles. The minimum absolute atomic E-state index is 0.303. The number of hydrogen-bond acceptors (Lipinski definition) is 6. The lowest BCUT2D eigenvalue weighted by atomic mass is 9.88. The molecule has 0 bridgehead atoms. The molecular weight excluding hydrogens is 438 g/mol. The number of carbonyl (C=O) groups is 2. The molecule has 178 valence electrons. The number of nitrogens with one attached hydrogen (secondary N) is 1. The van der Waals surface area contributed by atoms with E-state index in [4.69, 9.17) is 14.2 Å². The Hall–Kier alpha value is -2.80. The number of anilines is 1. The number of carbonyl (C=O) groups excluding carboxylic acids is 2. The molecule has 1 N–H and O–H groups in total. The largest absolute Gasteiger partial charge is 0.493 e. The first-order valence-electron chi connectivity index (χ1n) is 11.3. The number of benzene rings is 1. The number of fused-ring (bicyclic) bond motifs is 1. The Morgan fingerprint density at radius 2 is 2.03 bits per heavy atom. The van der Waals surface area contributed by atoms with Gasteiger partial charge >= 0.3 is 5.97 Å². The van der Waals surface area contributed by atoms with Crippen LogP contribution in [-0.4, -0.2) is 32.7 Å². The number of thiophene rings is 1. The topological polar surface area (TPSA) is 73.9 Å². The Morgan fingerprint density at radius 1 is 1.24 bits per heavy atom. The van der Waals surface area contributed by atoms with E-state index >= 15 is 0 Å². The lowest BCUT2D eigenvalue weighted by molar-refractivity contribution is -0.111. The van der Waals surface area contributed by atoms with Crippen molar-refractivity contribution in [3.63, 3.8) is 0 Å². The fraction of sp³-hybridized carbons (Fsp3) is 0.462. The molecule has 1 atom stereocenters. The van der Waals surface area contributed by atoms with E-state index in [0.29, 0.717) is 40.5 Å². The molecule has 0 saturated carbocycles. The van der Waals surface area contributed by atoms with Crippen molar-refractivity contribution in [2.75, 3.05) is 26.1 Å². The summed E-state index contributed by atoms with van der Waals surface area (Å²) in [7, 11) is 2.96. The highest BCUT2D eigenvalue weighted by atomic mass is 32.1. The number of amides is 1. The van der Waals surface area contributed by atoms with Crippen LogP contribution in [0.5, 0.6) is 11.5 Å². The van der Waals surface area contributed by atoms with Gasteiger partial charge in [0.05, 0.1) is 26.4 Å². The van der Waals surface area contributed by atoms with E-state index < -0.39 is 5.97 Å². The molecule has 7 heteroatoms. The molecule has 2 aromatic rings. The number of methoxy groups -OCH3 is 2. The van der Waals surface area contributed by atoms with E-state index in [-0.39, 0.29) is 5.91 Å². The third-order valence-corrected chi connectivity index (χ3v) is 6.88. The van der Waals surface area contributed by atoms with E-state index in [1.54, 1.807) is 13.2 Å². The Bertz CT molecular complexity index is 1020. The van der Waals surface area contributed by atoms with Crippen LogP contribution in [-0.2, 0) is 22.4 Å². The number of esters is 1. The molecule has 6 nitrogen and oxygen atoms in total. The molecule has 1 aromatic heterocycles. The van der Waals surface area contributed by atoms with Gasteiger partial charge < -0.3 is 19.5 Å². The van der Waals surface area contributed by atoms with Crippen LogP contribution in [0.1, 0.15) is 60.0 Å². The third kappa shape index (κ3) is 6.38. The molecule has 1 unspecified atom stereocenters. The van der Waals surface area contributed by atoms with Crippen LogP contribution in [0.4, 0.5) is 5.00 Å². The van der Waals surface area contributed by atoms with E-state index in [9.17, 15) is 9.59 Å². The van der Waals surface area contributed by atoms with Gasteiger partial charge in [-0.15, -0.1) is 11.3 Å². The zero-order valence-electron chi connectivity index (χ0n) is 20.0. The van der Waals surface area contributed by atoms with Crippen LogP contribution >= 0.6 is 11.3 Å². The molecule has 1 amide bonds. The first-order chi connectivity index (χ1) is 15.8. The molecule has 3 rings (SSSR count). The first-order valence-corrected chi connectivity index (χ1v) is 12.2. The standard InChI is InChI=1S/C26H33NO5S/c1-16(2)12-13-32-20-10-7-18(15-21(20)30-4)8-11-23(28)27-25-24(26(29)31-5)19-9-6-17(3)14-22(19)33-25/h7-8,10-11,15-17H,6,9,12-14H2,1-5H3,(H,27,28)/b11-8+. The molecule has 0 radical (unpaired) electrons. The van der Waals surface area contributed by atoms with Crippen molar-refractivity contribution in [1.29, 1.82) is 0 Å². The highest BCUT2D eigenvalue weighted by Crippen LogP contribution is 2.40. The van der Waals surface area contributed by atoms with Gasteiger partial charge in [-0.3, -0.25) is 4.79 Å². The van der Waals surface area contributed by atoms with Crippen molar-refractivity contribution in [2.45, 2.75) is 46.5 Å². The summed E-state index contributed by atoms with van der Waals surface area (Å²) < 4.78 is 16.3. The Labute approximate surface area is 199 Å². The van der Waals surface area contributed by atoms with Crippen molar-refractivity contribution in [3.8, 4) is 11.5 Å². The Morgan fingerprint density at radius 3 is 2.73 bits per heavy atom. The SMILES string of the molecule is COC(=O)c1c(NC(=O)/C=C/c2ccc(OCCC(C)C)c(OC)c2)sc2c1CCC(C)C2. The summed E-state index contributed by atoms with van der Waals surface area (Å²) in [4.78, 5) is 26.2. The summed E-state index contributed by atoms with van der Waals surface area (Å²) in [5, 5.41) is 3.44. The van der Waals surface area contributed by atoms with E-state index in [0.717, 1.165) is 41.7 Å². The highest BCUT2D eigenvalue weighted by molar-refractivity contribution is 7.17. The van der Waals surface area contributed by atoms with E-state index in [1.807, 2.05) is 18.2 Å². The van der Waals surface area contributed by atoms with Crippen LogP contribution in [0.3, 0.4) is 0 Å². The van der Waals surface area contributed by atoms with Crippen molar-refractivity contribution in [3.05, 3.63) is 45.8 Å². The molecule has 0 spiro atoms. The zero-order chi connectivity index (χ0) is 24.0. The zero-order valence-corrected chi connectivity index (χ0v) is 20.8. The molecule has 0 fully saturated rings. The fourth-order valence-corrected chi connectivity index (χ4v) is 5.20. The molecular formula is C26H33NO5S. The second-order valence-electron chi connectivity index (χ2n) is 8.81. The molecule has 0 saturated heterocycles. The monoisotopic (exact) mass is 471 g/mol. The molecule has 1 heterocycles. The maximum atomic E-state index is 12.7. The van der Waals surface area contributed by atoms with Crippen LogP contribution in [0.2, 0.25) is 0 Å². The van der Waals surface area contributed by atoms with Gasteiger partial charge in [0, 0.05) is 11.0 Å². The van der Waals surface area contributed by atoms with Gasteiger partial charge in [-0.25, -0.2) is 4.79 Å². The van der Waals surface area contributed by atoms with Gasteiger partial charge in [0.1, 0.15) is 5.00 Å². The third-order valence-electron chi connectivity index (χ3n) is 5.71. The van der Waals surface area contributed by atoms with Crippen molar-refractivity contribution < 1.29 is 23.8 Å². The average molecular weight is 472 g/mol. The van der Waals surface area contributed by atoms with E-state index in [2.05, 4.69) is 26.1 Å². The van der Waals surface area contributed by atoms with Gasteiger partial charge in [-0.05, 0) is 66.9 Å². The molecule has 1 aliphatic rings. The molecule has 33 heavy (non-hydrogen) atoms. The molecule has 1 aliphatic carbocycles. The number of ether oxygens (including phenoxy) is 3. The smallest absolute Gasteiger partial charge is 0.341 e. The van der Waals surface area contributed by atoms with Crippen LogP contribution < -0.4 is 14.8 Å². The van der Waals surface area contributed by atoms with Gasteiger partial charge in [-0.2, -0.15) is 0 Å². The summed E-state index contributed by atoms with van der Waals surface area (Å²) in [6.45, 7) is 7.13. The predicted octanol–water partition coefficient (Wildman–Crippen LogP) is 5.74. The van der Waals surface area contributed by atoms with Gasteiger partial charge in [0.25, 0.3) is 0 Å². The summed E-state index contributed by atoms with van der Waals surface area (Å²) in [6.07, 6.45) is 6.90. The summed E-state index contributed by atoms with van der Waals surface area (Å²) in [5.41, 5.74) is 2.32. The van der Waals surface area contributed by atoms with Gasteiger partial charge in [-0.1, -0.05) is 26.8 Å². The highest BCUT2D eigenvalue weighted by Gasteiger charge is 2.28. The van der Waals surface area contributed by atoms with Crippen LogP contribution in [0, 0.1) is 11.8 Å². The summed E-state index contributed by atoms with van der Waals surface area (Å²) in [6, 6.07) is 5.56. The lowest BCUT2D eigenvalue weighted by Crippen LogP contribution is -2.14. The second kappa shape index (κ2) is 11.4. The maximum absolute atomic E-state index is 12.7. The quantitative estimate of drug-likeness (QED) is 0.373. The first kappa shape index (κ1) is 24.8. The minimum Gasteiger partial charge on any atom is -0.493 e. The predicted molar refractivity (Wildman–Crippen MR) is 132 cm³/mol. The lowest BCUT2D eigenvalue weighted by Gasteiger charge is -2.18. The Kier molecular flexibility index (Phi) is 8.55. The minimum atomic E-state index is -0.404. The van der Waals surface area contributed by atoms with Crippen molar-refractivity contribution >= 4 is 34.3 Å².